The minimum absolute atomic E-state index is 0.0209. The van der Waals surface area contributed by atoms with E-state index in [0.29, 0.717) is 6.04 Å². The van der Waals surface area contributed by atoms with Gasteiger partial charge in [-0.2, -0.15) is 0 Å². The van der Waals surface area contributed by atoms with Gasteiger partial charge in [-0.25, -0.2) is 0 Å². The van der Waals surface area contributed by atoms with E-state index in [0.717, 1.165) is 31.5 Å². The first-order valence-corrected chi connectivity index (χ1v) is 7.56. The number of benzene rings is 1. The summed E-state index contributed by atoms with van der Waals surface area (Å²) in [6.07, 6.45) is 2.17. The Balaban J connectivity index is 2.01. The SMILES string of the molecule is CCc1ccc(C(=O)C(C)N2CCC(N(C)C)C2)cc1. The number of ketones is 1. The molecule has 0 aromatic heterocycles. The lowest BCUT2D eigenvalue weighted by molar-refractivity contribution is 0.0859. The van der Waals surface area contributed by atoms with Crippen molar-refractivity contribution in [2.24, 2.45) is 0 Å². The van der Waals surface area contributed by atoms with Crippen LogP contribution in [0, 0.1) is 0 Å². The Bertz CT molecular complexity index is 453. The molecule has 1 saturated heterocycles. The molecule has 0 spiro atoms. The van der Waals surface area contributed by atoms with E-state index < -0.39 is 0 Å². The molecule has 20 heavy (non-hydrogen) atoms. The van der Waals surface area contributed by atoms with Gasteiger partial charge in [-0.15, -0.1) is 0 Å². The summed E-state index contributed by atoms with van der Waals surface area (Å²) in [4.78, 5) is 17.1. The van der Waals surface area contributed by atoms with Gasteiger partial charge in [-0.1, -0.05) is 31.2 Å². The third-order valence-electron chi connectivity index (χ3n) is 4.50. The van der Waals surface area contributed by atoms with Gasteiger partial charge in [-0.3, -0.25) is 9.69 Å². The second kappa shape index (κ2) is 6.51. The number of likely N-dealkylation sites (N-methyl/N-ethyl adjacent to an activating group) is 1. The minimum atomic E-state index is -0.0209. The van der Waals surface area contributed by atoms with E-state index in [1.54, 1.807) is 0 Å². The molecule has 3 nitrogen and oxygen atoms in total. The molecule has 0 aliphatic carbocycles. The van der Waals surface area contributed by atoms with E-state index in [2.05, 4.69) is 43.0 Å². The first kappa shape index (κ1) is 15.2. The van der Waals surface area contributed by atoms with Crippen LogP contribution in [0.15, 0.2) is 24.3 Å². The van der Waals surface area contributed by atoms with Gasteiger partial charge < -0.3 is 4.90 Å². The molecule has 110 valence electrons. The maximum Gasteiger partial charge on any atom is 0.179 e. The van der Waals surface area contributed by atoms with Crippen molar-refractivity contribution in [3.63, 3.8) is 0 Å². The number of Topliss-reactive ketones (excluding diaryl/α,β-unsaturated/α-hetero) is 1. The van der Waals surface area contributed by atoms with Crippen LogP contribution in [-0.4, -0.2) is 54.9 Å². The Labute approximate surface area is 122 Å². The molecule has 1 fully saturated rings. The first-order valence-electron chi connectivity index (χ1n) is 7.56. The second-order valence-corrected chi connectivity index (χ2v) is 5.99. The maximum absolute atomic E-state index is 12.6. The van der Waals surface area contributed by atoms with Crippen molar-refractivity contribution in [2.45, 2.75) is 38.8 Å². The van der Waals surface area contributed by atoms with Gasteiger partial charge in [0.2, 0.25) is 0 Å². The largest absolute Gasteiger partial charge is 0.305 e. The smallest absolute Gasteiger partial charge is 0.179 e. The van der Waals surface area contributed by atoms with Crippen molar-refractivity contribution in [1.82, 2.24) is 9.80 Å². The number of aryl methyl sites for hydroxylation is 1. The highest BCUT2D eigenvalue weighted by molar-refractivity contribution is 5.99. The highest BCUT2D eigenvalue weighted by atomic mass is 16.1. The zero-order valence-corrected chi connectivity index (χ0v) is 13.1. The Morgan fingerprint density at radius 3 is 2.50 bits per heavy atom. The Morgan fingerprint density at radius 1 is 1.35 bits per heavy atom. The van der Waals surface area contributed by atoms with Crippen LogP contribution in [0.25, 0.3) is 0 Å². The van der Waals surface area contributed by atoms with Crippen LogP contribution in [0.4, 0.5) is 0 Å². The molecule has 0 amide bonds. The molecule has 3 heteroatoms. The number of hydrogen-bond donors (Lipinski definition) is 0. The van der Waals surface area contributed by atoms with Crippen LogP contribution < -0.4 is 0 Å². The van der Waals surface area contributed by atoms with E-state index in [4.69, 9.17) is 0 Å². The molecule has 0 N–H and O–H groups in total. The third-order valence-corrected chi connectivity index (χ3v) is 4.50. The maximum atomic E-state index is 12.6. The molecule has 1 aromatic carbocycles. The van der Waals surface area contributed by atoms with Gasteiger partial charge in [0.1, 0.15) is 0 Å². The normalized spacial score (nSPS) is 21.4. The lowest BCUT2D eigenvalue weighted by atomic mass is 10.0. The van der Waals surface area contributed by atoms with Gasteiger partial charge in [0.25, 0.3) is 0 Å². The molecule has 1 aromatic rings. The average Bonchev–Trinajstić information content (AvgIpc) is 2.96. The molecule has 2 atom stereocenters. The number of carbonyl (C=O) groups excluding carboxylic acids is 1. The minimum Gasteiger partial charge on any atom is -0.305 e. The van der Waals surface area contributed by atoms with E-state index >= 15 is 0 Å². The lowest BCUT2D eigenvalue weighted by Crippen LogP contribution is -2.39. The number of nitrogens with zero attached hydrogens (tertiary/aromatic N) is 2. The number of carbonyl (C=O) groups is 1. The summed E-state index contributed by atoms with van der Waals surface area (Å²) >= 11 is 0. The topological polar surface area (TPSA) is 23.6 Å². The zero-order chi connectivity index (χ0) is 14.7. The predicted molar refractivity (Wildman–Crippen MR) is 83.3 cm³/mol. The summed E-state index contributed by atoms with van der Waals surface area (Å²) in [7, 11) is 4.23. The fourth-order valence-electron chi connectivity index (χ4n) is 2.85. The van der Waals surface area contributed by atoms with Gasteiger partial charge in [0, 0.05) is 24.7 Å². The highest BCUT2D eigenvalue weighted by Gasteiger charge is 2.30. The summed E-state index contributed by atoms with van der Waals surface area (Å²) in [6, 6.07) is 8.62. The van der Waals surface area contributed by atoms with Crippen LogP contribution in [-0.2, 0) is 6.42 Å². The fourth-order valence-corrected chi connectivity index (χ4v) is 2.85. The van der Waals surface area contributed by atoms with Crippen molar-refractivity contribution in [1.29, 1.82) is 0 Å². The van der Waals surface area contributed by atoms with E-state index in [-0.39, 0.29) is 11.8 Å². The van der Waals surface area contributed by atoms with Gasteiger partial charge in [-0.05, 0) is 39.4 Å². The van der Waals surface area contributed by atoms with Crippen molar-refractivity contribution < 1.29 is 4.79 Å². The summed E-state index contributed by atoms with van der Waals surface area (Å²) in [5, 5.41) is 0. The molecule has 2 rings (SSSR count). The van der Waals surface area contributed by atoms with Crippen LogP contribution in [0.3, 0.4) is 0 Å². The van der Waals surface area contributed by atoms with Crippen molar-refractivity contribution in [3.05, 3.63) is 35.4 Å². The molecule has 0 bridgehead atoms. The molecule has 1 aliphatic heterocycles. The van der Waals surface area contributed by atoms with Crippen LogP contribution >= 0.6 is 0 Å². The van der Waals surface area contributed by atoms with Crippen LogP contribution in [0.2, 0.25) is 0 Å². The average molecular weight is 274 g/mol. The fraction of sp³-hybridized carbons (Fsp3) is 0.588. The van der Waals surface area contributed by atoms with Crippen molar-refractivity contribution in [3.8, 4) is 0 Å². The molecule has 1 heterocycles. The molecular formula is C17H26N2O. The lowest BCUT2D eigenvalue weighted by Gasteiger charge is -2.25. The molecule has 0 saturated carbocycles. The molecule has 2 unspecified atom stereocenters. The Hall–Kier alpha value is -1.19. The zero-order valence-electron chi connectivity index (χ0n) is 13.1. The summed E-state index contributed by atoms with van der Waals surface area (Å²) in [5.41, 5.74) is 2.12. The van der Waals surface area contributed by atoms with Gasteiger partial charge >= 0.3 is 0 Å². The summed E-state index contributed by atoms with van der Waals surface area (Å²) in [5.74, 6) is 0.243. The van der Waals surface area contributed by atoms with Crippen LogP contribution in [0.5, 0.6) is 0 Å². The number of rotatable bonds is 5. The van der Waals surface area contributed by atoms with Crippen molar-refractivity contribution >= 4 is 5.78 Å². The molecule has 0 radical (unpaired) electrons. The van der Waals surface area contributed by atoms with E-state index in [1.165, 1.54) is 5.56 Å². The van der Waals surface area contributed by atoms with E-state index in [9.17, 15) is 4.79 Å². The molecule has 1 aliphatic rings. The second-order valence-electron chi connectivity index (χ2n) is 5.99. The van der Waals surface area contributed by atoms with E-state index in [1.807, 2.05) is 19.1 Å². The number of likely N-dealkylation sites (tertiary alicyclic amines) is 1. The van der Waals surface area contributed by atoms with Gasteiger partial charge in [0.15, 0.2) is 5.78 Å². The van der Waals surface area contributed by atoms with Crippen molar-refractivity contribution in [2.75, 3.05) is 27.2 Å². The standard InChI is InChI=1S/C17H26N2O/c1-5-14-6-8-15(9-7-14)17(20)13(2)19-11-10-16(12-19)18(3)4/h6-9,13,16H,5,10-12H2,1-4H3. The molecular weight excluding hydrogens is 248 g/mol. The van der Waals surface area contributed by atoms with Crippen LogP contribution in [0.1, 0.15) is 36.2 Å². The Kier molecular flexibility index (Phi) is 4.95. The summed E-state index contributed by atoms with van der Waals surface area (Å²) < 4.78 is 0. The van der Waals surface area contributed by atoms with Gasteiger partial charge in [0.05, 0.1) is 6.04 Å². The summed E-state index contributed by atoms with van der Waals surface area (Å²) in [6.45, 7) is 6.18. The Morgan fingerprint density at radius 2 is 2.00 bits per heavy atom. The monoisotopic (exact) mass is 274 g/mol. The highest BCUT2D eigenvalue weighted by Crippen LogP contribution is 2.18. The quantitative estimate of drug-likeness (QED) is 0.771. The predicted octanol–water partition coefficient (Wildman–Crippen LogP) is 2.46. The number of hydrogen-bond acceptors (Lipinski definition) is 3. The third kappa shape index (κ3) is 3.28. The first-order chi connectivity index (χ1) is 9.52.